The maximum absolute atomic E-state index is 13.1. The number of sulfonamides is 1. The van der Waals surface area contributed by atoms with Crippen LogP contribution in [0.3, 0.4) is 0 Å². The Balaban J connectivity index is 1.33. The summed E-state index contributed by atoms with van der Waals surface area (Å²) in [5.74, 6) is 0.781. The molecule has 1 aliphatic heterocycles. The van der Waals surface area contributed by atoms with Crippen LogP contribution in [0.2, 0.25) is 0 Å². The minimum atomic E-state index is -3.74. The first-order valence-electron chi connectivity index (χ1n) is 12.2. The highest BCUT2D eigenvalue weighted by Gasteiger charge is 2.26. The monoisotopic (exact) mass is 507 g/mol. The molecule has 190 valence electrons. The predicted molar refractivity (Wildman–Crippen MR) is 141 cm³/mol. The van der Waals surface area contributed by atoms with Crippen molar-refractivity contribution in [1.29, 1.82) is 0 Å². The van der Waals surface area contributed by atoms with Gasteiger partial charge in [0.15, 0.2) is 0 Å². The number of nitrogens with zero attached hydrogens (tertiary/aromatic N) is 4. The van der Waals surface area contributed by atoms with Crippen molar-refractivity contribution in [3.63, 3.8) is 0 Å². The normalized spacial score (nSPS) is 15.1. The Labute approximate surface area is 213 Å². The highest BCUT2D eigenvalue weighted by molar-refractivity contribution is 7.92. The molecule has 8 nitrogen and oxygen atoms in total. The minimum absolute atomic E-state index is 0.142. The third-order valence-corrected chi connectivity index (χ3v) is 7.79. The van der Waals surface area contributed by atoms with E-state index in [1.807, 2.05) is 11.8 Å². The highest BCUT2D eigenvalue weighted by atomic mass is 32.2. The van der Waals surface area contributed by atoms with Gasteiger partial charge in [-0.05, 0) is 60.7 Å². The number of piperazine rings is 1. The van der Waals surface area contributed by atoms with Crippen molar-refractivity contribution in [2.75, 3.05) is 35.8 Å². The van der Waals surface area contributed by atoms with E-state index in [0.29, 0.717) is 32.1 Å². The van der Waals surface area contributed by atoms with E-state index in [2.05, 4.69) is 57.7 Å². The van der Waals surface area contributed by atoms with E-state index in [-0.39, 0.29) is 22.5 Å². The van der Waals surface area contributed by atoms with E-state index in [1.165, 1.54) is 24.2 Å². The number of amides is 1. The van der Waals surface area contributed by atoms with Crippen LogP contribution < -0.4 is 9.62 Å². The molecule has 4 rings (SSSR count). The van der Waals surface area contributed by atoms with Gasteiger partial charge in [-0.3, -0.25) is 9.52 Å². The zero-order valence-electron chi connectivity index (χ0n) is 21.0. The van der Waals surface area contributed by atoms with E-state index in [0.717, 1.165) is 17.7 Å². The smallest absolute Gasteiger partial charge is 0.263 e. The Morgan fingerprint density at radius 1 is 0.944 bits per heavy atom. The average Bonchev–Trinajstić information content (AvgIpc) is 2.88. The molecule has 0 aliphatic carbocycles. The van der Waals surface area contributed by atoms with Crippen molar-refractivity contribution in [3.05, 3.63) is 78.2 Å². The number of benzene rings is 2. The molecular formula is C27H33N5O3S. The molecule has 36 heavy (non-hydrogen) atoms. The summed E-state index contributed by atoms with van der Waals surface area (Å²) >= 11 is 0. The van der Waals surface area contributed by atoms with Crippen LogP contribution >= 0.6 is 0 Å². The Morgan fingerprint density at radius 2 is 1.61 bits per heavy atom. The molecule has 1 aliphatic rings. The van der Waals surface area contributed by atoms with Gasteiger partial charge in [0.05, 0.1) is 10.8 Å². The molecule has 1 unspecified atom stereocenters. The van der Waals surface area contributed by atoms with Crippen LogP contribution in [-0.4, -0.2) is 55.4 Å². The third kappa shape index (κ3) is 6.20. The summed E-state index contributed by atoms with van der Waals surface area (Å²) in [5, 5.41) is 0. The van der Waals surface area contributed by atoms with Crippen molar-refractivity contribution < 1.29 is 13.2 Å². The molecule has 1 N–H and O–H groups in total. The number of carbonyl (C=O) groups is 1. The number of carbonyl (C=O) groups excluding carboxylic acids is 1. The third-order valence-electron chi connectivity index (χ3n) is 6.42. The molecule has 2 heterocycles. The van der Waals surface area contributed by atoms with Gasteiger partial charge >= 0.3 is 0 Å². The molecular weight excluding hydrogens is 474 g/mol. The van der Waals surface area contributed by atoms with E-state index in [1.54, 1.807) is 24.3 Å². The predicted octanol–water partition coefficient (Wildman–Crippen LogP) is 3.93. The van der Waals surface area contributed by atoms with Crippen molar-refractivity contribution in [3.8, 4) is 0 Å². The maximum Gasteiger partial charge on any atom is 0.263 e. The largest absolute Gasteiger partial charge is 0.368 e. The second-order valence-electron chi connectivity index (χ2n) is 9.57. The first-order valence-corrected chi connectivity index (χ1v) is 13.7. The lowest BCUT2D eigenvalue weighted by molar-refractivity contribution is -0.132. The molecule has 1 aromatic heterocycles. The summed E-state index contributed by atoms with van der Waals surface area (Å²) in [4.78, 5) is 25.1. The zero-order valence-corrected chi connectivity index (χ0v) is 21.8. The lowest BCUT2D eigenvalue weighted by atomic mass is 9.95. The Kier molecular flexibility index (Phi) is 7.88. The van der Waals surface area contributed by atoms with Crippen LogP contribution in [0, 0.1) is 5.92 Å². The first-order chi connectivity index (χ1) is 17.2. The Bertz CT molecular complexity index is 1260. The molecule has 3 aromatic rings. The highest BCUT2D eigenvalue weighted by Crippen LogP contribution is 2.24. The molecule has 1 saturated heterocycles. The second-order valence-corrected chi connectivity index (χ2v) is 11.2. The fourth-order valence-corrected chi connectivity index (χ4v) is 5.41. The molecule has 1 amide bonds. The van der Waals surface area contributed by atoms with E-state index >= 15 is 0 Å². The van der Waals surface area contributed by atoms with Gasteiger partial charge in [-0.1, -0.05) is 38.1 Å². The van der Waals surface area contributed by atoms with E-state index in [9.17, 15) is 13.2 Å². The van der Waals surface area contributed by atoms with Crippen molar-refractivity contribution in [1.82, 2.24) is 14.9 Å². The van der Waals surface area contributed by atoms with Gasteiger partial charge in [-0.2, -0.15) is 0 Å². The van der Waals surface area contributed by atoms with Gasteiger partial charge in [0.2, 0.25) is 5.91 Å². The summed E-state index contributed by atoms with van der Waals surface area (Å²) < 4.78 is 27.7. The quantitative estimate of drug-likeness (QED) is 0.496. The van der Waals surface area contributed by atoms with Gasteiger partial charge in [-0.25, -0.2) is 18.4 Å². The fraction of sp³-hybridized carbons (Fsp3) is 0.370. The lowest BCUT2D eigenvalue weighted by Gasteiger charge is -2.37. The maximum atomic E-state index is 13.1. The summed E-state index contributed by atoms with van der Waals surface area (Å²) in [5.41, 5.74) is 3.27. The fourth-order valence-electron chi connectivity index (χ4n) is 4.40. The number of hydrogen-bond acceptors (Lipinski definition) is 6. The molecule has 9 heteroatoms. The summed E-state index contributed by atoms with van der Waals surface area (Å²) in [6, 6.07) is 16.7. The van der Waals surface area contributed by atoms with Crippen LogP contribution in [0.4, 0.5) is 11.5 Å². The van der Waals surface area contributed by atoms with Crippen molar-refractivity contribution >= 4 is 27.4 Å². The van der Waals surface area contributed by atoms with Crippen LogP contribution in [0.25, 0.3) is 0 Å². The first kappa shape index (κ1) is 25.6. The molecule has 1 atom stereocenters. The topological polar surface area (TPSA) is 95.5 Å². The van der Waals surface area contributed by atoms with Crippen LogP contribution in [0.15, 0.2) is 72.0 Å². The number of nitrogens with one attached hydrogen (secondary N) is 1. The summed E-state index contributed by atoms with van der Waals surface area (Å²) in [6.07, 6.45) is 3.80. The van der Waals surface area contributed by atoms with E-state index < -0.39 is 10.0 Å². The molecule has 2 aromatic carbocycles. The Morgan fingerprint density at radius 3 is 2.19 bits per heavy atom. The van der Waals surface area contributed by atoms with E-state index in [4.69, 9.17) is 0 Å². The summed E-state index contributed by atoms with van der Waals surface area (Å²) in [6.45, 7) is 9.02. The molecule has 0 bridgehead atoms. The van der Waals surface area contributed by atoms with Crippen LogP contribution in [0.5, 0.6) is 0 Å². The van der Waals surface area contributed by atoms with Gasteiger partial charge < -0.3 is 9.80 Å². The van der Waals surface area contributed by atoms with Crippen LogP contribution in [-0.2, 0) is 21.2 Å². The minimum Gasteiger partial charge on any atom is -0.368 e. The number of aromatic nitrogens is 2. The van der Waals surface area contributed by atoms with Crippen LogP contribution in [0.1, 0.15) is 37.8 Å². The average molecular weight is 508 g/mol. The van der Waals surface area contributed by atoms with Gasteiger partial charge in [0, 0.05) is 38.1 Å². The lowest BCUT2D eigenvalue weighted by Crippen LogP contribution is -2.49. The number of anilines is 2. The molecule has 0 spiro atoms. The molecule has 0 radical (unpaired) electrons. The zero-order chi connectivity index (χ0) is 25.7. The standard InChI is InChI=1S/C27H33N5O3S/c1-20(2)18-22-4-6-23(7-5-22)21(3)27(33)32-16-14-31(15-17-32)24-8-10-25(11-9-24)36(34,35)30-26-12-13-28-19-29-26/h4-13,19-21H,14-18H2,1-3H3,(H,28,29,30). The van der Waals surface area contributed by atoms with Gasteiger partial charge in [0.1, 0.15) is 12.1 Å². The summed E-state index contributed by atoms with van der Waals surface area (Å²) in [7, 11) is -3.74. The number of hydrogen-bond donors (Lipinski definition) is 1. The number of rotatable bonds is 8. The molecule has 1 fully saturated rings. The van der Waals surface area contributed by atoms with Crippen molar-refractivity contribution in [2.45, 2.75) is 38.0 Å². The Hall–Kier alpha value is -3.46. The van der Waals surface area contributed by atoms with Gasteiger partial charge in [0.25, 0.3) is 10.0 Å². The van der Waals surface area contributed by atoms with Crippen molar-refractivity contribution in [2.24, 2.45) is 5.92 Å². The second kappa shape index (κ2) is 11.1. The SMILES string of the molecule is CC(C)Cc1ccc(C(C)C(=O)N2CCN(c3ccc(S(=O)(=O)Nc4ccncn4)cc3)CC2)cc1. The van der Waals surface area contributed by atoms with Gasteiger partial charge in [-0.15, -0.1) is 0 Å². The molecule has 0 saturated carbocycles.